The van der Waals surface area contributed by atoms with E-state index in [2.05, 4.69) is 0 Å². The van der Waals surface area contributed by atoms with E-state index in [-0.39, 0.29) is 11.3 Å². The third-order valence-corrected chi connectivity index (χ3v) is 2.36. The Morgan fingerprint density at radius 3 is 2.39 bits per heavy atom. The summed E-state index contributed by atoms with van der Waals surface area (Å²) < 4.78 is 36.3. The van der Waals surface area contributed by atoms with Gasteiger partial charge in [0, 0.05) is 11.6 Å². The zero-order valence-corrected chi connectivity index (χ0v) is 9.87. The predicted octanol–water partition coefficient (Wildman–Crippen LogP) is 1.46. The molecule has 0 fully saturated rings. The molecule has 18 heavy (non-hydrogen) atoms. The van der Waals surface area contributed by atoms with E-state index in [1.807, 2.05) is 0 Å². The van der Waals surface area contributed by atoms with Gasteiger partial charge in [0.1, 0.15) is 0 Å². The van der Waals surface area contributed by atoms with Crippen molar-refractivity contribution in [1.82, 2.24) is 0 Å². The molecule has 0 bridgehead atoms. The number of carboxylic acids is 1. The minimum atomic E-state index is -1.21. The van der Waals surface area contributed by atoms with Gasteiger partial charge in [0.25, 0.3) is 0 Å². The lowest BCUT2D eigenvalue weighted by Crippen LogP contribution is -2.17. The molecular formula is C11H13F2NO4. The summed E-state index contributed by atoms with van der Waals surface area (Å²) in [6, 6.07) is -0.217. The summed E-state index contributed by atoms with van der Waals surface area (Å²) in [4.78, 5) is 10.6. The first kappa shape index (κ1) is 14.2. The first-order valence-corrected chi connectivity index (χ1v) is 4.99. The Morgan fingerprint density at radius 1 is 1.39 bits per heavy atom. The summed E-state index contributed by atoms with van der Waals surface area (Å²) in [5.74, 6) is -4.09. The largest absolute Gasteiger partial charge is 0.492 e. The van der Waals surface area contributed by atoms with E-state index in [0.29, 0.717) is 0 Å². The van der Waals surface area contributed by atoms with Crippen LogP contribution in [0, 0.1) is 11.6 Å². The second-order valence-electron chi connectivity index (χ2n) is 3.53. The summed E-state index contributed by atoms with van der Waals surface area (Å²) in [5, 5.41) is 8.64. The van der Waals surface area contributed by atoms with Crippen molar-refractivity contribution in [3.05, 3.63) is 23.3 Å². The Kier molecular flexibility index (Phi) is 4.43. The van der Waals surface area contributed by atoms with E-state index in [4.69, 9.17) is 20.3 Å². The lowest BCUT2D eigenvalue weighted by atomic mass is 10.0. The van der Waals surface area contributed by atoms with Gasteiger partial charge in [0.15, 0.2) is 17.3 Å². The van der Waals surface area contributed by atoms with Crippen molar-refractivity contribution < 1.29 is 28.2 Å². The Bertz CT molecular complexity index is 465. The molecule has 0 radical (unpaired) electrons. The maximum atomic E-state index is 13.4. The minimum Gasteiger partial charge on any atom is -0.492 e. The van der Waals surface area contributed by atoms with Gasteiger partial charge in [0.2, 0.25) is 5.82 Å². The summed E-state index contributed by atoms with van der Waals surface area (Å²) >= 11 is 0. The average molecular weight is 261 g/mol. The van der Waals surface area contributed by atoms with Gasteiger partial charge in [-0.05, 0) is 6.07 Å². The van der Waals surface area contributed by atoms with E-state index in [1.165, 1.54) is 7.11 Å². The van der Waals surface area contributed by atoms with E-state index in [9.17, 15) is 13.6 Å². The van der Waals surface area contributed by atoms with Crippen LogP contribution in [0.4, 0.5) is 8.78 Å². The van der Waals surface area contributed by atoms with Gasteiger partial charge < -0.3 is 20.3 Å². The Hall–Kier alpha value is -1.89. The second-order valence-corrected chi connectivity index (χ2v) is 3.53. The molecule has 1 aromatic carbocycles. The standard InChI is InChI=1S/C11H13F2NO4/c1-17-10-5(7(14)4-8(15)16)3-6(12)9(13)11(10)18-2/h3,7H,4,14H2,1-2H3,(H,15,16). The highest BCUT2D eigenvalue weighted by Gasteiger charge is 2.24. The van der Waals surface area contributed by atoms with Crippen molar-refractivity contribution in [3.8, 4) is 11.5 Å². The summed E-state index contributed by atoms with van der Waals surface area (Å²) in [7, 11) is 2.37. The zero-order chi connectivity index (χ0) is 13.9. The van der Waals surface area contributed by atoms with Crippen molar-refractivity contribution in [3.63, 3.8) is 0 Å². The number of carboxylic acid groups (broad SMARTS) is 1. The van der Waals surface area contributed by atoms with Crippen molar-refractivity contribution in [2.45, 2.75) is 12.5 Å². The van der Waals surface area contributed by atoms with Gasteiger partial charge in [0.05, 0.1) is 20.6 Å². The number of hydrogen-bond donors (Lipinski definition) is 2. The molecule has 0 spiro atoms. The highest BCUT2D eigenvalue weighted by molar-refractivity contribution is 5.68. The molecule has 5 nitrogen and oxygen atoms in total. The molecule has 1 atom stereocenters. The third-order valence-electron chi connectivity index (χ3n) is 2.36. The number of methoxy groups -OCH3 is 2. The molecule has 0 aliphatic rings. The van der Waals surface area contributed by atoms with Crippen molar-refractivity contribution in [1.29, 1.82) is 0 Å². The molecule has 0 saturated carbocycles. The maximum Gasteiger partial charge on any atom is 0.305 e. The lowest BCUT2D eigenvalue weighted by molar-refractivity contribution is -0.137. The zero-order valence-electron chi connectivity index (χ0n) is 9.87. The van der Waals surface area contributed by atoms with Gasteiger partial charge >= 0.3 is 5.97 Å². The van der Waals surface area contributed by atoms with E-state index in [1.54, 1.807) is 0 Å². The number of hydrogen-bond acceptors (Lipinski definition) is 4. The molecule has 0 aliphatic heterocycles. The lowest BCUT2D eigenvalue weighted by Gasteiger charge is -2.17. The number of benzene rings is 1. The van der Waals surface area contributed by atoms with Crippen LogP contribution in [0.1, 0.15) is 18.0 Å². The molecule has 0 aliphatic carbocycles. The van der Waals surface area contributed by atoms with Gasteiger partial charge in [-0.2, -0.15) is 4.39 Å². The van der Waals surface area contributed by atoms with Crippen LogP contribution in [-0.2, 0) is 4.79 Å². The number of halogens is 2. The molecular weight excluding hydrogens is 248 g/mol. The van der Waals surface area contributed by atoms with Crippen LogP contribution in [0.3, 0.4) is 0 Å². The van der Waals surface area contributed by atoms with Gasteiger partial charge in [-0.1, -0.05) is 0 Å². The minimum absolute atomic E-state index is 0.0376. The number of rotatable bonds is 5. The molecule has 100 valence electrons. The first-order valence-electron chi connectivity index (χ1n) is 4.99. The van der Waals surface area contributed by atoms with Crippen molar-refractivity contribution >= 4 is 5.97 Å². The highest BCUT2D eigenvalue weighted by atomic mass is 19.2. The van der Waals surface area contributed by atoms with E-state index < -0.39 is 35.8 Å². The average Bonchev–Trinajstić information content (AvgIpc) is 2.30. The van der Waals surface area contributed by atoms with Crippen LogP contribution in [0.2, 0.25) is 0 Å². The third kappa shape index (κ3) is 2.67. The van der Waals surface area contributed by atoms with Crippen molar-refractivity contribution in [2.75, 3.05) is 14.2 Å². The summed E-state index contributed by atoms with van der Waals surface area (Å²) in [6.45, 7) is 0. The van der Waals surface area contributed by atoms with E-state index >= 15 is 0 Å². The molecule has 1 unspecified atom stereocenters. The van der Waals surface area contributed by atoms with Crippen molar-refractivity contribution in [2.24, 2.45) is 5.73 Å². The maximum absolute atomic E-state index is 13.4. The quantitative estimate of drug-likeness (QED) is 0.838. The van der Waals surface area contributed by atoms with Gasteiger partial charge in [-0.15, -0.1) is 0 Å². The fourth-order valence-corrected chi connectivity index (χ4v) is 1.57. The predicted molar refractivity (Wildman–Crippen MR) is 58.6 cm³/mol. The monoisotopic (exact) mass is 261 g/mol. The number of ether oxygens (including phenoxy) is 2. The molecule has 0 saturated heterocycles. The first-order chi connectivity index (χ1) is 8.42. The van der Waals surface area contributed by atoms with Crippen LogP contribution in [0.25, 0.3) is 0 Å². The van der Waals surface area contributed by atoms with Crippen LogP contribution < -0.4 is 15.2 Å². The normalized spacial score (nSPS) is 12.1. The number of nitrogens with two attached hydrogens (primary N) is 1. The Labute approximate surface area is 102 Å². The number of aliphatic carboxylic acids is 1. The molecule has 1 aromatic rings. The van der Waals surface area contributed by atoms with Crippen LogP contribution in [-0.4, -0.2) is 25.3 Å². The summed E-state index contributed by atoms with van der Waals surface area (Å²) in [6.07, 6.45) is -0.440. The van der Waals surface area contributed by atoms with Crippen LogP contribution in [0.15, 0.2) is 6.07 Å². The molecule has 3 N–H and O–H groups in total. The smallest absolute Gasteiger partial charge is 0.305 e. The van der Waals surface area contributed by atoms with Gasteiger partial charge in [-0.25, -0.2) is 4.39 Å². The molecule has 0 aromatic heterocycles. The van der Waals surface area contributed by atoms with E-state index in [0.717, 1.165) is 13.2 Å². The Balaban J connectivity index is 3.34. The Morgan fingerprint density at radius 2 is 1.94 bits per heavy atom. The molecule has 1 rings (SSSR count). The number of carbonyl (C=O) groups is 1. The van der Waals surface area contributed by atoms with Gasteiger partial charge in [-0.3, -0.25) is 4.79 Å². The fourth-order valence-electron chi connectivity index (χ4n) is 1.57. The van der Waals surface area contributed by atoms with Crippen LogP contribution in [0.5, 0.6) is 11.5 Å². The second kappa shape index (κ2) is 5.63. The summed E-state index contributed by atoms with van der Waals surface area (Å²) in [5.41, 5.74) is 5.65. The topological polar surface area (TPSA) is 81.8 Å². The fraction of sp³-hybridized carbons (Fsp3) is 0.364. The molecule has 7 heteroatoms. The molecule has 0 amide bonds. The highest BCUT2D eigenvalue weighted by Crippen LogP contribution is 2.38. The SMILES string of the molecule is COc1c(C(N)CC(=O)O)cc(F)c(F)c1OC. The molecule has 0 heterocycles. The van der Waals surface area contributed by atoms with Crippen LogP contribution >= 0.6 is 0 Å².